The van der Waals surface area contributed by atoms with Gasteiger partial charge in [-0.2, -0.15) is 0 Å². The predicted molar refractivity (Wildman–Crippen MR) is 66.8 cm³/mol. The zero-order chi connectivity index (χ0) is 10.4. The van der Waals surface area contributed by atoms with Gasteiger partial charge >= 0.3 is 0 Å². The van der Waals surface area contributed by atoms with Gasteiger partial charge in [-0.25, -0.2) is 0 Å². The summed E-state index contributed by atoms with van der Waals surface area (Å²) in [5.74, 6) is 0.483. The molecule has 0 aromatic heterocycles. The molecule has 2 nitrogen and oxygen atoms in total. The van der Waals surface area contributed by atoms with Gasteiger partial charge in [-0.1, -0.05) is 59.8 Å². The Kier molecular flexibility index (Phi) is 4.93. The summed E-state index contributed by atoms with van der Waals surface area (Å²) in [7, 11) is 0. The van der Waals surface area contributed by atoms with E-state index in [2.05, 4.69) is 47.0 Å². The third-order valence-electron chi connectivity index (χ3n) is 2.10. The molecule has 1 rings (SSSR count). The molecule has 0 fully saturated rings. The van der Waals surface area contributed by atoms with Crippen LogP contribution in [-0.4, -0.2) is 16.9 Å². The molecule has 0 heterocycles. The highest BCUT2D eigenvalue weighted by Gasteiger charge is 2.05. The minimum Gasteiger partial charge on any atom is -0.355 e. The minimum atomic E-state index is 0.105. The van der Waals surface area contributed by atoms with E-state index in [0.29, 0.717) is 16.9 Å². The van der Waals surface area contributed by atoms with Crippen molar-refractivity contribution in [2.75, 3.05) is 11.0 Å². The Bertz CT molecular complexity index is 287. The van der Waals surface area contributed by atoms with Crippen LogP contribution in [0, 0.1) is 0 Å². The lowest BCUT2D eigenvalue weighted by molar-refractivity contribution is -0.118. The first-order chi connectivity index (χ1) is 6.74. The van der Waals surface area contributed by atoms with Crippen LogP contribution in [0.4, 0.5) is 0 Å². The Morgan fingerprint density at radius 2 is 2.07 bits per heavy atom. The summed E-state index contributed by atoms with van der Waals surface area (Å²) in [6.07, 6.45) is 0. The van der Waals surface area contributed by atoms with E-state index in [1.807, 2.05) is 18.2 Å². The molecule has 1 aromatic carbocycles. The Labute approximate surface area is 98.2 Å². The van der Waals surface area contributed by atoms with E-state index in [1.54, 1.807) is 0 Å². The van der Waals surface area contributed by atoms with Crippen LogP contribution in [-0.2, 0) is 4.79 Å². The van der Waals surface area contributed by atoms with Crippen LogP contribution >= 0.6 is 22.6 Å². The van der Waals surface area contributed by atoms with E-state index in [9.17, 15) is 4.79 Å². The van der Waals surface area contributed by atoms with Gasteiger partial charge < -0.3 is 5.32 Å². The molecule has 1 amide bonds. The van der Waals surface area contributed by atoms with Crippen molar-refractivity contribution < 1.29 is 4.79 Å². The van der Waals surface area contributed by atoms with Crippen molar-refractivity contribution in [3.8, 4) is 0 Å². The average molecular weight is 303 g/mol. The number of benzene rings is 1. The summed E-state index contributed by atoms with van der Waals surface area (Å²) in [5, 5.41) is 2.88. The first-order valence-electron chi connectivity index (χ1n) is 4.61. The summed E-state index contributed by atoms with van der Waals surface area (Å²) in [5.41, 5.74) is 1.27. The molecular weight excluding hydrogens is 289 g/mol. The lowest BCUT2D eigenvalue weighted by Crippen LogP contribution is -2.28. The zero-order valence-corrected chi connectivity index (χ0v) is 10.3. The molecule has 0 saturated heterocycles. The lowest BCUT2D eigenvalue weighted by Gasteiger charge is -2.12. The van der Waals surface area contributed by atoms with Crippen molar-refractivity contribution in [2.24, 2.45) is 0 Å². The molecular formula is C11H14INO. The highest BCUT2D eigenvalue weighted by molar-refractivity contribution is 14.1. The third kappa shape index (κ3) is 3.65. The quantitative estimate of drug-likeness (QED) is 0.671. The maximum absolute atomic E-state index is 11.0. The normalized spacial score (nSPS) is 12.1. The fourth-order valence-electron chi connectivity index (χ4n) is 1.21. The second-order valence-corrected chi connectivity index (χ2v) is 4.01. The van der Waals surface area contributed by atoms with Crippen LogP contribution in [0.1, 0.15) is 18.4 Å². The maximum Gasteiger partial charge on any atom is 0.229 e. The maximum atomic E-state index is 11.0. The van der Waals surface area contributed by atoms with E-state index < -0.39 is 0 Å². The molecule has 14 heavy (non-hydrogen) atoms. The average Bonchev–Trinajstić information content (AvgIpc) is 2.26. The second-order valence-electron chi connectivity index (χ2n) is 3.25. The minimum absolute atomic E-state index is 0.105. The summed E-state index contributed by atoms with van der Waals surface area (Å²) < 4.78 is 0.527. The molecule has 1 aromatic rings. The van der Waals surface area contributed by atoms with Crippen LogP contribution < -0.4 is 5.32 Å². The smallest absolute Gasteiger partial charge is 0.229 e. The second kappa shape index (κ2) is 6.01. The number of nitrogens with one attached hydrogen (secondary N) is 1. The number of halogens is 1. The highest BCUT2D eigenvalue weighted by atomic mass is 127. The number of rotatable bonds is 4. The van der Waals surface area contributed by atoms with E-state index in [4.69, 9.17) is 0 Å². The fraction of sp³-hybridized carbons (Fsp3) is 0.364. The monoisotopic (exact) mass is 303 g/mol. The predicted octanol–water partition coefficient (Wildman–Crippen LogP) is 2.34. The molecule has 0 radical (unpaired) electrons. The molecule has 0 saturated carbocycles. The number of hydrogen-bond donors (Lipinski definition) is 1. The van der Waals surface area contributed by atoms with Crippen LogP contribution in [0.5, 0.6) is 0 Å². The van der Waals surface area contributed by atoms with Gasteiger partial charge in [0.15, 0.2) is 0 Å². The molecule has 0 aliphatic rings. The van der Waals surface area contributed by atoms with Crippen molar-refractivity contribution in [3.05, 3.63) is 35.9 Å². The highest BCUT2D eigenvalue weighted by Crippen LogP contribution is 2.12. The van der Waals surface area contributed by atoms with Crippen molar-refractivity contribution in [1.82, 2.24) is 5.32 Å². The molecule has 0 aliphatic heterocycles. The van der Waals surface area contributed by atoms with E-state index >= 15 is 0 Å². The van der Waals surface area contributed by atoms with Crippen LogP contribution in [0.15, 0.2) is 30.3 Å². The first-order valence-corrected chi connectivity index (χ1v) is 6.14. The van der Waals surface area contributed by atoms with Crippen molar-refractivity contribution in [2.45, 2.75) is 12.8 Å². The Morgan fingerprint density at radius 3 is 2.64 bits per heavy atom. The zero-order valence-electron chi connectivity index (χ0n) is 8.16. The summed E-state index contributed by atoms with van der Waals surface area (Å²) in [6, 6.07) is 10.2. The van der Waals surface area contributed by atoms with Crippen molar-refractivity contribution >= 4 is 28.5 Å². The standard InChI is InChI=1S/C11H14INO/c1-9(8-13-11(14)7-12)10-5-3-2-4-6-10/h2-6,9H,7-8H2,1H3,(H,13,14). The molecule has 3 heteroatoms. The molecule has 0 aliphatic carbocycles. The topological polar surface area (TPSA) is 29.1 Å². The first kappa shape index (κ1) is 11.5. The van der Waals surface area contributed by atoms with Crippen molar-refractivity contribution in [3.63, 3.8) is 0 Å². The Balaban J connectivity index is 2.43. The van der Waals surface area contributed by atoms with Gasteiger partial charge in [0.05, 0.1) is 4.43 Å². The lowest BCUT2D eigenvalue weighted by atomic mass is 10.0. The van der Waals surface area contributed by atoms with Gasteiger partial charge in [0.1, 0.15) is 0 Å². The molecule has 1 unspecified atom stereocenters. The van der Waals surface area contributed by atoms with Crippen LogP contribution in [0.3, 0.4) is 0 Å². The van der Waals surface area contributed by atoms with Gasteiger partial charge in [0.25, 0.3) is 0 Å². The van der Waals surface area contributed by atoms with Gasteiger partial charge in [0, 0.05) is 6.54 Å². The van der Waals surface area contributed by atoms with Gasteiger partial charge in [0.2, 0.25) is 5.91 Å². The van der Waals surface area contributed by atoms with Gasteiger partial charge in [-0.15, -0.1) is 0 Å². The van der Waals surface area contributed by atoms with E-state index in [-0.39, 0.29) is 5.91 Å². The molecule has 0 spiro atoms. The van der Waals surface area contributed by atoms with E-state index in [1.165, 1.54) is 5.56 Å². The van der Waals surface area contributed by atoms with Crippen LogP contribution in [0.2, 0.25) is 0 Å². The van der Waals surface area contributed by atoms with Crippen LogP contribution in [0.25, 0.3) is 0 Å². The molecule has 1 atom stereocenters. The van der Waals surface area contributed by atoms with E-state index in [0.717, 1.165) is 0 Å². The fourth-order valence-corrected chi connectivity index (χ4v) is 1.48. The molecule has 0 bridgehead atoms. The Morgan fingerprint density at radius 1 is 1.43 bits per heavy atom. The summed E-state index contributed by atoms with van der Waals surface area (Å²) >= 11 is 2.06. The third-order valence-corrected chi connectivity index (χ3v) is 2.79. The summed E-state index contributed by atoms with van der Waals surface area (Å²) in [4.78, 5) is 11.0. The SMILES string of the molecule is CC(CNC(=O)CI)c1ccccc1. The number of alkyl halides is 1. The van der Waals surface area contributed by atoms with Crippen molar-refractivity contribution in [1.29, 1.82) is 0 Å². The molecule has 76 valence electrons. The number of carbonyl (C=O) groups excluding carboxylic acids is 1. The van der Waals surface area contributed by atoms with Gasteiger partial charge in [-0.05, 0) is 11.5 Å². The summed E-state index contributed by atoms with van der Waals surface area (Å²) in [6.45, 7) is 2.83. The van der Waals surface area contributed by atoms with Gasteiger partial charge in [-0.3, -0.25) is 4.79 Å². The molecule has 1 N–H and O–H groups in total. The number of hydrogen-bond acceptors (Lipinski definition) is 1. The number of amides is 1. The number of carbonyl (C=O) groups is 1. The largest absolute Gasteiger partial charge is 0.355 e. The Hall–Kier alpha value is -0.580.